The molecular weight excluding hydrogens is 160 g/mol. The molecule has 0 fully saturated rings. The van der Waals surface area contributed by atoms with Gasteiger partial charge < -0.3 is 0 Å². The van der Waals surface area contributed by atoms with Gasteiger partial charge in [-0.2, -0.15) is 0 Å². The highest BCUT2D eigenvalue weighted by atomic mass is 14.8. The van der Waals surface area contributed by atoms with Crippen molar-refractivity contribution in [1.29, 1.82) is 0 Å². The highest BCUT2D eigenvalue weighted by Crippen LogP contribution is 2.22. The van der Waals surface area contributed by atoms with E-state index in [0.717, 1.165) is 0 Å². The first-order valence-corrected chi connectivity index (χ1v) is 4.85. The number of aromatic nitrogens is 2. The summed E-state index contributed by atoms with van der Waals surface area (Å²) in [4.78, 5) is 8.62. The predicted molar refractivity (Wildman–Crippen MR) is 54.9 cm³/mol. The number of hydrogen-bond donors (Lipinski definition) is 0. The maximum absolute atomic E-state index is 4.31. The van der Waals surface area contributed by atoms with Gasteiger partial charge in [0, 0.05) is 11.4 Å². The molecule has 13 heavy (non-hydrogen) atoms. The Bertz CT molecular complexity index is 264. The van der Waals surface area contributed by atoms with Gasteiger partial charge in [0.1, 0.15) is 6.33 Å². The zero-order valence-corrected chi connectivity index (χ0v) is 9.13. The lowest BCUT2D eigenvalue weighted by atomic mass is 9.98. The van der Waals surface area contributed by atoms with E-state index in [1.54, 1.807) is 6.33 Å². The molecule has 2 nitrogen and oxygen atoms in total. The highest BCUT2D eigenvalue weighted by molar-refractivity contribution is 5.27. The molecule has 1 aromatic heterocycles. The fraction of sp³-hybridized carbons (Fsp3) is 0.636. The summed E-state index contributed by atoms with van der Waals surface area (Å²) in [6.07, 6.45) is 1.68. The molecule has 2 heteroatoms. The van der Waals surface area contributed by atoms with Crippen LogP contribution in [0.2, 0.25) is 0 Å². The van der Waals surface area contributed by atoms with Crippen LogP contribution in [0.25, 0.3) is 0 Å². The van der Waals surface area contributed by atoms with Crippen molar-refractivity contribution in [2.45, 2.75) is 46.5 Å². The van der Waals surface area contributed by atoms with E-state index in [2.05, 4.69) is 44.6 Å². The molecule has 0 radical (unpaired) electrons. The first-order chi connectivity index (χ1) is 6.04. The van der Waals surface area contributed by atoms with Gasteiger partial charge in [-0.25, -0.2) is 9.97 Å². The highest BCUT2D eigenvalue weighted by Gasteiger charge is 2.11. The third-order valence-corrected chi connectivity index (χ3v) is 2.26. The lowest BCUT2D eigenvalue weighted by Gasteiger charge is -2.13. The summed E-state index contributed by atoms with van der Waals surface area (Å²) >= 11 is 0. The molecular formula is C11H18N2. The van der Waals surface area contributed by atoms with Crippen molar-refractivity contribution in [2.75, 3.05) is 0 Å². The first kappa shape index (κ1) is 10.2. The molecule has 1 rings (SSSR count). The second-order valence-electron chi connectivity index (χ2n) is 4.08. The molecule has 0 amide bonds. The lowest BCUT2D eigenvalue weighted by Crippen LogP contribution is -2.04. The Balaban J connectivity index is 3.18. The van der Waals surface area contributed by atoms with E-state index >= 15 is 0 Å². The summed E-state index contributed by atoms with van der Waals surface area (Å²) in [5.41, 5.74) is 3.62. The summed E-state index contributed by atoms with van der Waals surface area (Å²) in [6, 6.07) is 0. The van der Waals surface area contributed by atoms with Gasteiger partial charge in [-0.15, -0.1) is 0 Å². The van der Waals surface area contributed by atoms with Gasteiger partial charge >= 0.3 is 0 Å². The van der Waals surface area contributed by atoms with Gasteiger partial charge in [0.15, 0.2) is 0 Å². The Kier molecular flexibility index (Phi) is 3.02. The maximum atomic E-state index is 4.31. The Morgan fingerprint density at radius 1 is 0.923 bits per heavy atom. The Morgan fingerprint density at radius 3 is 1.62 bits per heavy atom. The lowest BCUT2D eigenvalue weighted by molar-refractivity contribution is 0.749. The minimum absolute atomic E-state index is 0.487. The molecule has 72 valence electrons. The van der Waals surface area contributed by atoms with Gasteiger partial charge in [0.25, 0.3) is 0 Å². The number of hydrogen-bond acceptors (Lipinski definition) is 2. The second-order valence-corrected chi connectivity index (χ2v) is 4.08. The molecule has 0 unspecified atom stereocenters. The van der Waals surface area contributed by atoms with E-state index in [1.165, 1.54) is 17.0 Å². The standard InChI is InChI=1S/C11H18N2/c1-7(2)10-9(5)11(8(3)4)13-6-12-10/h6-8H,1-5H3. The first-order valence-electron chi connectivity index (χ1n) is 4.85. The van der Waals surface area contributed by atoms with E-state index in [9.17, 15) is 0 Å². The van der Waals surface area contributed by atoms with Crippen LogP contribution in [-0.2, 0) is 0 Å². The minimum atomic E-state index is 0.487. The van der Waals surface area contributed by atoms with Gasteiger partial charge in [0.05, 0.1) is 0 Å². The van der Waals surface area contributed by atoms with Crippen LogP contribution in [0.15, 0.2) is 6.33 Å². The molecule has 0 aliphatic rings. The average Bonchev–Trinajstić information content (AvgIpc) is 2.03. The molecule has 1 heterocycles. The normalized spacial score (nSPS) is 11.3. The third-order valence-electron chi connectivity index (χ3n) is 2.26. The molecule has 0 spiro atoms. The SMILES string of the molecule is Cc1c(C(C)C)ncnc1C(C)C. The zero-order valence-electron chi connectivity index (χ0n) is 9.13. The van der Waals surface area contributed by atoms with Crippen LogP contribution in [0.3, 0.4) is 0 Å². The van der Waals surface area contributed by atoms with Crippen molar-refractivity contribution in [2.24, 2.45) is 0 Å². The smallest absolute Gasteiger partial charge is 0.115 e. The molecule has 0 aromatic carbocycles. The predicted octanol–water partition coefficient (Wildman–Crippen LogP) is 3.03. The second kappa shape index (κ2) is 3.86. The Morgan fingerprint density at radius 2 is 1.31 bits per heavy atom. The van der Waals surface area contributed by atoms with Crippen LogP contribution in [0.5, 0.6) is 0 Å². The largest absolute Gasteiger partial charge is 0.241 e. The summed E-state index contributed by atoms with van der Waals surface area (Å²) in [5.74, 6) is 0.973. The fourth-order valence-electron chi connectivity index (χ4n) is 1.64. The van der Waals surface area contributed by atoms with Gasteiger partial charge in [-0.3, -0.25) is 0 Å². The Labute approximate surface area is 80.4 Å². The van der Waals surface area contributed by atoms with E-state index in [-0.39, 0.29) is 0 Å². The van der Waals surface area contributed by atoms with Crippen molar-refractivity contribution in [1.82, 2.24) is 9.97 Å². The van der Waals surface area contributed by atoms with Crippen LogP contribution < -0.4 is 0 Å². The third kappa shape index (κ3) is 2.06. The molecule has 0 aliphatic heterocycles. The van der Waals surface area contributed by atoms with Crippen molar-refractivity contribution >= 4 is 0 Å². The van der Waals surface area contributed by atoms with Crippen molar-refractivity contribution < 1.29 is 0 Å². The molecule has 0 aliphatic carbocycles. The molecule has 0 atom stereocenters. The summed E-state index contributed by atoms with van der Waals surface area (Å²) < 4.78 is 0. The molecule has 0 saturated carbocycles. The topological polar surface area (TPSA) is 25.8 Å². The molecule has 0 N–H and O–H groups in total. The number of nitrogens with zero attached hydrogens (tertiary/aromatic N) is 2. The summed E-state index contributed by atoms with van der Waals surface area (Å²) in [6.45, 7) is 10.8. The fourth-order valence-corrected chi connectivity index (χ4v) is 1.64. The van der Waals surface area contributed by atoms with Gasteiger partial charge in [0.2, 0.25) is 0 Å². The van der Waals surface area contributed by atoms with Crippen LogP contribution in [-0.4, -0.2) is 9.97 Å². The summed E-state index contributed by atoms with van der Waals surface area (Å²) in [5, 5.41) is 0. The van der Waals surface area contributed by atoms with Gasteiger partial charge in [-0.05, 0) is 24.3 Å². The van der Waals surface area contributed by atoms with Crippen LogP contribution >= 0.6 is 0 Å². The quantitative estimate of drug-likeness (QED) is 0.695. The monoisotopic (exact) mass is 178 g/mol. The summed E-state index contributed by atoms with van der Waals surface area (Å²) in [7, 11) is 0. The van der Waals surface area contributed by atoms with E-state index < -0.39 is 0 Å². The average molecular weight is 178 g/mol. The van der Waals surface area contributed by atoms with Gasteiger partial charge in [-0.1, -0.05) is 27.7 Å². The van der Waals surface area contributed by atoms with E-state index in [0.29, 0.717) is 11.8 Å². The van der Waals surface area contributed by atoms with Crippen LogP contribution in [0.1, 0.15) is 56.5 Å². The molecule has 1 aromatic rings. The van der Waals surface area contributed by atoms with Crippen LogP contribution in [0.4, 0.5) is 0 Å². The number of rotatable bonds is 2. The zero-order chi connectivity index (χ0) is 10.0. The maximum Gasteiger partial charge on any atom is 0.115 e. The van der Waals surface area contributed by atoms with Crippen molar-refractivity contribution in [3.05, 3.63) is 23.3 Å². The molecule has 0 bridgehead atoms. The molecule has 0 saturated heterocycles. The Hall–Kier alpha value is -0.920. The van der Waals surface area contributed by atoms with Crippen LogP contribution in [0, 0.1) is 6.92 Å². The van der Waals surface area contributed by atoms with Crippen molar-refractivity contribution in [3.8, 4) is 0 Å². The van der Waals surface area contributed by atoms with E-state index in [4.69, 9.17) is 0 Å². The van der Waals surface area contributed by atoms with E-state index in [1.807, 2.05) is 0 Å². The van der Waals surface area contributed by atoms with Crippen molar-refractivity contribution in [3.63, 3.8) is 0 Å². The minimum Gasteiger partial charge on any atom is -0.241 e.